The molecule has 0 saturated heterocycles. The van der Waals surface area contributed by atoms with Crippen LogP contribution in [0.15, 0.2) is 33.4 Å². The molecule has 0 amide bonds. The number of hydrogen-bond acceptors (Lipinski definition) is 2. The molecular weight excluding hydrogens is 330 g/mol. The van der Waals surface area contributed by atoms with Crippen molar-refractivity contribution in [2.24, 2.45) is 5.73 Å². The van der Waals surface area contributed by atoms with E-state index < -0.39 is 0 Å². The zero-order valence-corrected chi connectivity index (χ0v) is 14.9. The van der Waals surface area contributed by atoms with Crippen LogP contribution in [0.2, 0.25) is 0 Å². The molecule has 0 aliphatic carbocycles. The van der Waals surface area contributed by atoms with E-state index in [0.717, 1.165) is 3.79 Å². The Morgan fingerprint density at radius 2 is 1.65 bits per heavy atom. The number of rotatable bonds is 4. The van der Waals surface area contributed by atoms with E-state index in [2.05, 4.69) is 73.3 Å². The van der Waals surface area contributed by atoms with Crippen LogP contribution >= 0.6 is 27.3 Å². The molecule has 2 N–H and O–H groups in total. The number of thiophene rings is 1. The minimum Gasteiger partial charge on any atom is -0.320 e. The van der Waals surface area contributed by atoms with Gasteiger partial charge in [-0.15, -0.1) is 11.3 Å². The summed E-state index contributed by atoms with van der Waals surface area (Å²) in [5.74, 6) is 1.03. The summed E-state index contributed by atoms with van der Waals surface area (Å²) in [6.45, 7) is 8.93. The lowest BCUT2D eigenvalue weighted by atomic mass is 9.87. The molecule has 0 aliphatic heterocycles. The lowest BCUT2D eigenvalue weighted by Crippen LogP contribution is -2.14. The molecule has 1 aromatic carbocycles. The highest BCUT2D eigenvalue weighted by Gasteiger charge is 2.17. The summed E-state index contributed by atoms with van der Waals surface area (Å²) >= 11 is 5.20. The topological polar surface area (TPSA) is 26.0 Å². The maximum absolute atomic E-state index is 6.48. The highest BCUT2D eigenvalue weighted by atomic mass is 79.9. The van der Waals surface area contributed by atoms with Gasteiger partial charge in [0.2, 0.25) is 0 Å². The Morgan fingerprint density at radius 1 is 0.950 bits per heavy atom. The predicted molar refractivity (Wildman–Crippen MR) is 92.7 cm³/mol. The Morgan fingerprint density at radius 3 is 2.15 bits per heavy atom. The van der Waals surface area contributed by atoms with Crippen molar-refractivity contribution >= 4 is 27.3 Å². The van der Waals surface area contributed by atoms with Gasteiger partial charge in [-0.05, 0) is 61.5 Å². The van der Waals surface area contributed by atoms with E-state index in [-0.39, 0.29) is 6.04 Å². The van der Waals surface area contributed by atoms with Crippen molar-refractivity contribution in [3.05, 3.63) is 55.7 Å². The molecule has 3 heteroatoms. The van der Waals surface area contributed by atoms with Gasteiger partial charge in [0.25, 0.3) is 0 Å². The van der Waals surface area contributed by atoms with E-state index in [4.69, 9.17) is 5.73 Å². The van der Waals surface area contributed by atoms with Gasteiger partial charge in [-0.3, -0.25) is 0 Å². The third kappa shape index (κ3) is 3.33. The van der Waals surface area contributed by atoms with E-state index in [1.54, 1.807) is 11.3 Å². The number of hydrogen-bond donors (Lipinski definition) is 1. The highest BCUT2D eigenvalue weighted by Crippen LogP contribution is 2.33. The molecule has 1 unspecified atom stereocenters. The predicted octanol–water partition coefficient (Wildman–Crippen LogP) is 5.81. The van der Waals surface area contributed by atoms with Crippen molar-refractivity contribution in [3.8, 4) is 0 Å². The van der Waals surface area contributed by atoms with E-state index in [0.29, 0.717) is 11.8 Å². The zero-order chi connectivity index (χ0) is 14.9. The Bertz CT molecular complexity index is 586. The van der Waals surface area contributed by atoms with E-state index in [1.807, 2.05) is 0 Å². The molecule has 1 atom stereocenters. The van der Waals surface area contributed by atoms with E-state index >= 15 is 0 Å². The average molecular weight is 352 g/mol. The second-order valence-corrected chi connectivity index (χ2v) is 8.15. The Hall–Kier alpha value is -0.640. The fourth-order valence-electron chi connectivity index (χ4n) is 2.40. The van der Waals surface area contributed by atoms with Gasteiger partial charge in [-0.2, -0.15) is 0 Å². The van der Waals surface area contributed by atoms with Crippen LogP contribution in [0, 0.1) is 0 Å². The normalized spacial score (nSPS) is 13.2. The lowest BCUT2D eigenvalue weighted by molar-refractivity contribution is 0.782. The lowest BCUT2D eigenvalue weighted by Gasteiger charge is -2.20. The van der Waals surface area contributed by atoms with Crippen molar-refractivity contribution < 1.29 is 0 Å². The molecule has 0 radical (unpaired) electrons. The monoisotopic (exact) mass is 351 g/mol. The minimum atomic E-state index is -0.0452. The first-order valence-electron chi connectivity index (χ1n) is 7.03. The summed E-state index contributed by atoms with van der Waals surface area (Å²) in [6, 6.07) is 8.83. The van der Waals surface area contributed by atoms with Gasteiger partial charge in [0.05, 0.1) is 9.83 Å². The molecule has 2 aromatic rings. The van der Waals surface area contributed by atoms with Crippen molar-refractivity contribution in [3.63, 3.8) is 0 Å². The third-order valence-electron chi connectivity index (χ3n) is 3.68. The van der Waals surface area contributed by atoms with Crippen molar-refractivity contribution in [1.82, 2.24) is 0 Å². The Kier molecular flexibility index (Phi) is 5.05. The molecule has 1 heterocycles. The SMILES string of the molecule is CC(C)c1ccc(C(N)c2csc(Br)c2)c(C(C)C)c1. The Balaban J connectivity index is 2.45. The van der Waals surface area contributed by atoms with Crippen LogP contribution in [0.5, 0.6) is 0 Å². The first-order chi connectivity index (χ1) is 9.40. The van der Waals surface area contributed by atoms with Crippen LogP contribution in [-0.2, 0) is 0 Å². The minimum absolute atomic E-state index is 0.0452. The first kappa shape index (κ1) is 15.7. The van der Waals surface area contributed by atoms with Crippen LogP contribution < -0.4 is 5.73 Å². The molecule has 20 heavy (non-hydrogen) atoms. The fraction of sp³-hybridized carbons (Fsp3) is 0.412. The van der Waals surface area contributed by atoms with E-state index in [9.17, 15) is 0 Å². The average Bonchev–Trinajstić information content (AvgIpc) is 2.83. The van der Waals surface area contributed by atoms with Crippen LogP contribution in [0.4, 0.5) is 0 Å². The highest BCUT2D eigenvalue weighted by molar-refractivity contribution is 9.11. The zero-order valence-electron chi connectivity index (χ0n) is 12.5. The third-order valence-corrected chi connectivity index (χ3v) is 5.20. The smallest absolute Gasteiger partial charge is 0.0701 e. The number of nitrogens with two attached hydrogens (primary N) is 1. The summed E-state index contributed by atoms with van der Waals surface area (Å²) in [5, 5.41) is 2.13. The molecule has 0 fully saturated rings. The molecule has 0 aliphatic rings. The van der Waals surface area contributed by atoms with Crippen molar-refractivity contribution in [1.29, 1.82) is 0 Å². The summed E-state index contributed by atoms with van der Waals surface area (Å²) in [4.78, 5) is 0. The molecule has 0 spiro atoms. The molecule has 108 valence electrons. The molecule has 0 saturated carbocycles. The number of benzene rings is 1. The second kappa shape index (κ2) is 6.42. The van der Waals surface area contributed by atoms with Crippen LogP contribution in [-0.4, -0.2) is 0 Å². The van der Waals surface area contributed by atoms with Gasteiger partial charge in [0.1, 0.15) is 0 Å². The Labute approximate surface area is 134 Å². The summed E-state index contributed by atoms with van der Waals surface area (Å²) in [6.07, 6.45) is 0. The van der Waals surface area contributed by atoms with Gasteiger partial charge in [-0.25, -0.2) is 0 Å². The largest absolute Gasteiger partial charge is 0.320 e. The van der Waals surface area contributed by atoms with Gasteiger partial charge < -0.3 is 5.73 Å². The molecule has 1 aromatic heterocycles. The maximum atomic E-state index is 6.48. The van der Waals surface area contributed by atoms with Gasteiger partial charge in [0, 0.05) is 0 Å². The van der Waals surface area contributed by atoms with Gasteiger partial charge >= 0.3 is 0 Å². The molecule has 2 rings (SSSR count). The van der Waals surface area contributed by atoms with Gasteiger partial charge in [0.15, 0.2) is 0 Å². The van der Waals surface area contributed by atoms with Crippen LogP contribution in [0.25, 0.3) is 0 Å². The quantitative estimate of drug-likeness (QED) is 0.739. The van der Waals surface area contributed by atoms with E-state index in [1.165, 1.54) is 22.3 Å². The summed E-state index contributed by atoms with van der Waals surface area (Å²) in [7, 11) is 0. The molecule has 1 nitrogen and oxygen atoms in total. The standard InChI is InChI=1S/C17H22BrNS/c1-10(2)12-5-6-14(15(7-12)11(3)4)17(19)13-8-16(18)20-9-13/h5-11,17H,19H2,1-4H3. The van der Waals surface area contributed by atoms with Crippen LogP contribution in [0.3, 0.4) is 0 Å². The van der Waals surface area contributed by atoms with Crippen molar-refractivity contribution in [2.45, 2.75) is 45.6 Å². The summed E-state index contributed by atoms with van der Waals surface area (Å²) in [5.41, 5.74) is 11.7. The molecule has 0 bridgehead atoms. The van der Waals surface area contributed by atoms with Crippen molar-refractivity contribution in [2.75, 3.05) is 0 Å². The van der Waals surface area contributed by atoms with Gasteiger partial charge in [-0.1, -0.05) is 45.9 Å². The summed E-state index contributed by atoms with van der Waals surface area (Å²) < 4.78 is 1.13. The maximum Gasteiger partial charge on any atom is 0.0701 e. The fourth-order valence-corrected chi connectivity index (χ4v) is 3.61. The van der Waals surface area contributed by atoms with Crippen LogP contribution in [0.1, 0.15) is 67.8 Å². The second-order valence-electron chi connectivity index (χ2n) is 5.86. The molecular formula is C17H22BrNS. The number of halogens is 1. The first-order valence-corrected chi connectivity index (χ1v) is 8.70.